The van der Waals surface area contributed by atoms with Gasteiger partial charge >= 0.3 is 0 Å². The van der Waals surface area contributed by atoms with Gasteiger partial charge in [-0.1, -0.05) is 50.9 Å². The number of ether oxygens (including phenoxy) is 2. The van der Waals surface area contributed by atoms with Crippen LogP contribution in [0.2, 0.25) is 0 Å². The van der Waals surface area contributed by atoms with Crippen molar-refractivity contribution in [3.05, 3.63) is 28.9 Å². The van der Waals surface area contributed by atoms with Crippen LogP contribution >= 0.6 is 31.9 Å². The Morgan fingerprint density at radius 3 is 2.74 bits per heavy atom. The number of halogens is 2. The molecule has 0 aromatic carbocycles. The molecule has 2 heterocycles. The van der Waals surface area contributed by atoms with Crippen LogP contribution in [0.1, 0.15) is 32.6 Å². The van der Waals surface area contributed by atoms with Crippen LogP contribution in [0.5, 0.6) is 0 Å². The summed E-state index contributed by atoms with van der Waals surface area (Å²) >= 11 is 6.95. The Bertz CT molecular complexity index is 360. The lowest BCUT2D eigenvalue weighted by atomic mass is 10.1. The third kappa shape index (κ3) is 4.30. The van der Waals surface area contributed by atoms with E-state index in [0.29, 0.717) is 4.83 Å². The second-order valence-electron chi connectivity index (χ2n) is 4.97. The van der Waals surface area contributed by atoms with E-state index in [0.717, 1.165) is 25.7 Å². The van der Waals surface area contributed by atoms with Crippen LogP contribution in [0.25, 0.3) is 0 Å². The van der Waals surface area contributed by atoms with Gasteiger partial charge in [0.2, 0.25) is 0 Å². The molecule has 0 aromatic heterocycles. The summed E-state index contributed by atoms with van der Waals surface area (Å²) < 4.78 is 12.1. The van der Waals surface area contributed by atoms with Gasteiger partial charge in [-0.15, -0.1) is 5.73 Å². The topological polar surface area (TPSA) is 18.5 Å². The quantitative estimate of drug-likeness (QED) is 0.390. The molecule has 0 bridgehead atoms. The van der Waals surface area contributed by atoms with Crippen molar-refractivity contribution in [1.29, 1.82) is 0 Å². The van der Waals surface area contributed by atoms with E-state index in [2.05, 4.69) is 56.7 Å². The van der Waals surface area contributed by atoms with Gasteiger partial charge in [0.05, 0.1) is 24.4 Å². The highest BCUT2D eigenvalue weighted by Crippen LogP contribution is 2.37. The fourth-order valence-corrected chi connectivity index (χ4v) is 3.35. The first kappa shape index (κ1) is 15.5. The normalized spacial score (nSPS) is 35.1. The minimum atomic E-state index is 0.151. The Kier molecular flexibility index (Phi) is 6.37. The van der Waals surface area contributed by atoms with E-state index < -0.39 is 0 Å². The molecule has 0 unspecified atom stereocenters. The SMILES string of the molecule is CC/C=C/C[C@H](Br)[C@@H]1C[C@@H]2O[C@H](C=C=CBr)C[C@@H]2O1. The maximum atomic E-state index is 6.11. The van der Waals surface area contributed by atoms with Crippen LogP contribution in [0.4, 0.5) is 0 Å². The van der Waals surface area contributed by atoms with Gasteiger partial charge in [-0.05, 0) is 18.9 Å². The minimum absolute atomic E-state index is 0.151. The van der Waals surface area contributed by atoms with Gasteiger partial charge in [0.15, 0.2) is 0 Å². The van der Waals surface area contributed by atoms with E-state index in [4.69, 9.17) is 9.47 Å². The first-order valence-corrected chi connectivity index (χ1v) is 8.69. The van der Waals surface area contributed by atoms with Crippen molar-refractivity contribution in [1.82, 2.24) is 0 Å². The predicted molar refractivity (Wildman–Crippen MR) is 84.9 cm³/mol. The zero-order valence-corrected chi connectivity index (χ0v) is 14.3. The van der Waals surface area contributed by atoms with E-state index in [1.807, 2.05) is 6.08 Å². The lowest BCUT2D eigenvalue weighted by Gasteiger charge is -2.18. The lowest BCUT2D eigenvalue weighted by molar-refractivity contribution is 0.0378. The average Bonchev–Trinajstić information content (AvgIpc) is 2.94. The maximum absolute atomic E-state index is 6.11. The largest absolute Gasteiger partial charge is 0.371 e. The molecule has 0 N–H and O–H groups in total. The summed E-state index contributed by atoms with van der Waals surface area (Å²) in [6.07, 6.45) is 11.4. The molecule has 0 radical (unpaired) electrons. The van der Waals surface area contributed by atoms with E-state index in [1.54, 1.807) is 4.99 Å². The highest BCUT2D eigenvalue weighted by atomic mass is 79.9. The average molecular weight is 392 g/mol. The van der Waals surface area contributed by atoms with Gasteiger partial charge in [-0.3, -0.25) is 0 Å². The molecule has 0 saturated carbocycles. The molecule has 106 valence electrons. The van der Waals surface area contributed by atoms with Crippen molar-refractivity contribution in [3.8, 4) is 0 Å². The number of hydrogen-bond donors (Lipinski definition) is 0. The van der Waals surface area contributed by atoms with Gasteiger partial charge in [0.1, 0.15) is 0 Å². The van der Waals surface area contributed by atoms with Crippen molar-refractivity contribution in [3.63, 3.8) is 0 Å². The van der Waals surface area contributed by atoms with E-state index >= 15 is 0 Å². The Morgan fingerprint density at radius 1 is 1.26 bits per heavy atom. The van der Waals surface area contributed by atoms with Crippen LogP contribution in [0.15, 0.2) is 28.9 Å². The Labute approximate surface area is 132 Å². The number of allylic oxidation sites excluding steroid dienone is 2. The molecular formula is C15H20Br2O2. The molecule has 0 spiro atoms. The minimum Gasteiger partial charge on any atom is -0.371 e. The molecule has 2 aliphatic heterocycles. The highest BCUT2D eigenvalue weighted by Gasteiger charge is 2.44. The summed E-state index contributed by atoms with van der Waals surface area (Å²) in [5.41, 5.74) is 3.02. The molecule has 5 atom stereocenters. The zero-order valence-electron chi connectivity index (χ0n) is 11.1. The zero-order chi connectivity index (χ0) is 13.7. The summed E-state index contributed by atoms with van der Waals surface area (Å²) in [6, 6.07) is 0. The van der Waals surface area contributed by atoms with Gasteiger partial charge in [-0.25, -0.2) is 0 Å². The standard InChI is InChI=1S/C15H20Br2O2/c1-2-3-4-7-12(17)13-10-15-14(19-13)9-11(18-15)6-5-8-16/h3-4,6,8,11-15H,2,7,9-10H2,1H3/b4-3+/t5?,11-,12+,13+,14+,15+/m1/s1. The summed E-state index contributed by atoms with van der Waals surface area (Å²) in [7, 11) is 0. The summed E-state index contributed by atoms with van der Waals surface area (Å²) in [6.45, 7) is 2.15. The Balaban J connectivity index is 1.80. The van der Waals surface area contributed by atoms with Gasteiger partial charge in [0, 0.05) is 22.7 Å². The molecule has 4 heteroatoms. The van der Waals surface area contributed by atoms with Crippen LogP contribution < -0.4 is 0 Å². The van der Waals surface area contributed by atoms with Crippen molar-refractivity contribution in [2.45, 2.75) is 61.9 Å². The first-order chi connectivity index (χ1) is 9.24. The summed E-state index contributed by atoms with van der Waals surface area (Å²) in [5.74, 6) is 0. The lowest BCUT2D eigenvalue weighted by Crippen LogP contribution is -2.22. The number of alkyl halides is 1. The van der Waals surface area contributed by atoms with Crippen LogP contribution in [-0.4, -0.2) is 29.2 Å². The maximum Gasteiger partial charge on any atom is 0.0871 e. The molecule has 19 heavy (non-hydrogen) atoms. The van der Waals surface area contributed by atoms with Crippen LogP contribution in [-0.2, 0) is 9.47 Å². The smallest absolute Gasteiger partial charge is 0.0871 e. The molecule has 0 aliphatic carbocycles. The Hall–Kier alpha value is 0.140. The predicted octanol–water partition coefficient (Wildman–Crippen LogP) is 4.48. The summed E-state index contributed by atoms with van der Waals surface area (Å²) in [4.78, 5) is 2.11. The van der Waals surface area contributed by atoms with Gasteiger partial charge < -0.3 is 9.47 Å². The van der Waals surface area contributed by atoms with Crippen LogP contribution in [0.3, 0.4) is 0 Å². The van der Waals surface area contributed by atoms with Gasteiger partial charge in [-0.2, -0.15) is 0 Å². The molecule has 0 aromatic rings. The van der Waals surface area contributed by atoms with Crippen molar-refractivity contribution in [2.75, 3.05) is 0 Å². The molecule has 2 fully saturated rings. The fourth-order valence-electron chi connectivity index (χ4n) is 2.64. The van der Waals surface area contributed by atoms with Gasteiger partial charge in [0.25, 0.3) is 0 Å². The van der Waals surface area contributed by atoms with E-state index in [-0.39, 0.29) is 24.4 Å². The number of hydrogen-bond acceptors (Lipinski definition) is 2. The fraction of sp³-hybridized carbons (Fsp3) is 0.667. The monoisotopic (exact) mass is 390 g/mol. The molecule has 2 saturated heterocycles. The number of fused-ring (bicyclic) bond motifs is 1. The van der Waals surface area contributed by atoms with Crippen molar-refractivity contribution >= 4 is 31.9 Å². The van der Waals surface area contributed by atoms with Crippen LogP contribution in [0, 0.1) is 0 Å². The molecular weight excluding hydrogens is 372 g/mol. The highest BCUT2D eigenvalue weighted by molar-refractivity contribution is 9.11. The Morgan fingerprint density at radius 2 is 2.05 bits per heavy atom. The second kappa shape index (κ2) is 7.80. The number of rotatable bonds is 5. The molecule has 2 rings (SSSR count). The van der Waals surface area contributed by atoms with E-state index in [9.17, 15) is 0 Å². The third-order valence-corrected chi connectivity index (χ3v) is 4.78. The third-order valence-electron chi connectivity index (χ3n) is 3.56. The second-order valence-corrected chi connectivity index (χ2v) is 6.61. The van der Waals surface area contributed by atoms with Crippen molar-refractivity contribution in [2.24, 2.45) is 0 Å². The molecule has 2 nitrogen and oxygen atoms in total. The molecule has 0 amide bonds. The molecule has 2 aliphatic rings. The first-order valence-electron chi connectivity index (χ1n) is 6.85. The summed E-state index contributed by atoms with van der Waals surface area (Å²) in [5, 5.41) is 0. The van der Waals surface area contributed by atoms with E-state index in [1.165, 1.54) is 0 Å². The van der Waals surface area contributed by atoms with Crippen molar-refractivity contribution < 1.29 is 9.47 Å².